The molecule has 1 aliphatic heterocycles. The van der Waals surface area contributed by atoms with Crippen molar-refractivity contribution >= 4 is 17.6 Å². The average Bonchev–Trinajstić information content (AvgIpc) is 3.10. The molecule has 2 heterocycles. The van der Waals surface area contributed by atoms with Crippen molar-refractivity contribution in [2.75, 3.05) is 39.9 Å². The van der Waals surface area contributed by atoms with Crippen LogP contribution in [0.2, 0.25) is 5.02 Å². The normalized spacial score (nSPS) is 18.0. The van der Waals surface area contributed by atoms with Crippen LogP contribution in [0, 0.1) is 0 Å². The molecule has 7 nitrogen and oxygen atoms in total. The van der Waals surface area contributed by atoms with Gasteiger partial charge in [-0.2, -0.15) is 5.10 Å². The van der Waals surface area contributed by atoms with Crippen molar-refractivity contribution in [1.82, 2.24) is 20.0 Å². The molecule has 1 N–H and O–H groups in total. The number of morpholine rings is 1. The second kappa shape index (κ2) is 8.91. The summed E-state index contributed by atoms with van der Waals surface area (Å²) in [5.74, 6) is 1.53. The number of nitrogens with one attached hydrogen (secondary N) is 1. The van der Waals surface area contributed by atoms with Crippen LogP contribution < -0.4 is 10.1 Å². The van der Waals surface area contributed by atoms with Gasteiger partial charge < -0.3 is 19.7 Å². The molecule has 1 aromatic carbocycles. The Morgan fingerprint density at radius 1 is 1.46 bits per heavy atom. The fourth-order valence-corrected chi connectivity index (χ4v) is 3.06. The van der Waals surface area contributed by atoms with Crippen molar-refractivity contribution in [3.8, 4) is 5.75 Å². The molecule has 1 atom stereocenters. The summed E-state index contributed by atoms with van der Waals surface area (Å²) in [6.45, 7) is 3.31. The third kappa shape index (κ3) is 4.68. The van der Waals surface area contributed by atoms with E-state index in [-0.39, 0.29) is 6.10 Å². The molecule has 0 amide bonds. The molecule has 140 valence electrons. The first-order chi connectivity index (χ1) is 12.7. The summed E-state index contributed by atoms with van der Waals surface area (Å²) in [5.41, 5.74) is 1.08. The molecule has 3 rings (SSSR count). The Kier molecular flexibility index (Phi) is 6.35. The van der Waals surface area contributed by atoms with Gasteiger partial charge in [0.25, 0.3) is 0 Å². The second-order valence-electron chi connectivity index (χ2n) is 6.01. The van der Waals surface area contributed by atoms with Gasteiger partial charge in [-0.3, -0.25) is 9.67 Å². The van der Waals surface area contributed by atoms with E-state index >= 15 is 0 Å². The number of rotatable bonds is 5. The van der Waals surface area contributed by atoms with Gasteiger partial charge in [0, 0.05) is 32.4 Å². The Bertz CT molecular complexity index is 749. The van der Waals surface area contributed by atoms with Crippen molar-refractivity contribution in [2.45, 2.75) is 6.10 Å². The van der Waals surface area contributed by atoms with Gasteiger partial charge in [-0.1, -0.05) is 23.7 Å². The first kappa shape index (κ1) is 18.5. The summed E-state index contributed by atoms with van der Waals surface area (Å²) in [5, 5.41) is 8.18. The predicted molar refractivity (Wildman–Crippen MR) is 102 cm³/mol. The minimum Gasteiger partial charge on any atom is -0.490 e. The molecule has 0 spiro atoms. The topological polar surface area (TPSA) is 63.9 Å². The lowest BCUT2D eigenvalue weighted by atomic mass is 10.1. The zero-order chi connectivity index (χ0) is 18.4. The van der Waals surface area contributed by atoms with Gasteiger partial charge in [0.1, 0.15) is 18.5 Å². The molecule has 1 aromatic heterocycles. The number of para-hydroxylation sites is 1. The van der Waals surface area contributed by atoms with Crippen LogP contribution in [-0.2, 0) is 11.8 Å². The van der Waals surface area contributed by atoms with Crippen LogP contribution in [0.1, 0.15) is 11.7 Å². The first-order valence-electron chi connectivity index (χ1n) is 8.60. The number of ether oxygens (including phenoxy) is 2. The van der Waals surface area contributed by atoms with E-state index in [4.69, 9.17) is 21.1 Å². The quantitative estimate of drug-likeness (QED) is 0.491. The zero-order valence-electron chi connectivity index (χ0n) is 15.1. The lowest BCUT2D eigenvalue weighted by Gasteiger charge is -2.34. The van der Waals surface area contributed by atoms with Gasteiger partial charge in [-0.05, 0) is 12.1 Å². The molecule has 0 saturated carbocycles. The second-order valence-corrected chi connectivity index (χ2v) is 6.41. The van der Waals surface area contributed by atoms with E-state index in [1.807, 2.05) is 43.7 Å². The van der Waals surface area contributed by atoms with E-state index in [0.717, 1.165) is 24.6 Å². The van der Waals surface area contributed by atoms with Crippen molar-refractivity contribution in [3.63, 3.8) is 0 Å². The maximum Gasteiger partial charge on any atom is 0.193 e. The van der Waals surface area contributed by atoms with Gasteiger partial charge in [-0.15, -0.1) is 0 Å². The average molecular weight is 378 g/mol. The first-order valence-corrected chi connectivity index (χ1v) is 8.98. The van der Waals surface area contributed by atoms with Crippen LogP contribution >= 0.6 is 11.6 Å². The third-order valence-electron chi connectivity index (χ3n) is 4.15. The molecule has 2 aromatic rings. The van der Waals surface area contributed by atoms with E-state index < -0.39 is 0 Å². The van der Waals surface area contributed by atoms with Gasteiger partial charge in [0.15, 0.2) is 5.96 Å². The Morgan fingerprint density at radius 3 is 3.04 bits per heavy atom. The number of nitrogens with zero attached hydrogens (tertiary/aromatic N) is 4. The molecular formula is C18H24ClN5O2. The Morgan fingerprint density at radius 2 is 2.31 bits per heavy atom. The lowest BCUT2D eigenvalue weighted by molar-refractivity contribution is -0.00805. The summed E-state index contributed by atoms with van der Waals surface area (Å²) >= 11 is 6.09. The molecule has 1 unspecified atom stereocenters. The van der Waals surface area contributed by atoms with Crippen molar-refractivity contribution in [3.05, 3.63) is 47.2 Å². The smallest absolute Gasteiger partial charge is 0.193 e. The van der Waals surface area contributed by atoms with Gasteiger partial charge in [0.05, 0.1) is 30.9 Å². The monoisotopic (exact) mass is 377 g/mol. The summed E-state index contributed by atoms with van der Waals surface area (Å²) in [6, 6.07) is 7.46. The number of guanidine groups is 1. The van der Waals surface area contributed by atoms with Crippen molar-refractivity contribution < 1.29 is 9.47 Å². The highest BCUT2D eigenvalue weighted by atomic mass is 35.5. The van der Waals surface area contributed by atoms with Gasteiger partial charge in [0.2, 0.25) is 0 Å². The summed E-state index contributed by atoms with van der Waals surface area (Å²) in [7, 11) is 3.69. The number of hydrogen-bond acceptors (Lipinski definition) is 4. The number of aryl methyl sites for hydroxylation is 1. The van der Waals surface area contributed by atoms with E-state index in [9.17, 15) is 0 Å². The largest absolute Gasteiger partial charge is 0.490 e. The summed E-state index contributed by atoms with van der Waals surface area (Å²) in [6.07, 6.45) is 3.83. The van der Waals surface area contributed by atoms with E-state index in [0.29, 0.717) is 30.5 Å². The summed E-state index contributed by atoms with van der Waals surface area (Å²) < 4.78 is 13.4. The highest BCUT2D eigenvalue weighted by Crippen LogP contribution is 2.23. The number of hydrogen-bond donors (Lipinski definition) is 1. The highest BCUT2D eigenvalue weighted by molar-refractivity contribution is 6.32. The number of aromatic nitrogens is 2. The molecule has 1 fully saturated rings. The Balaban J connectivity index is 1.49. The van der Waals surface area contributed by atoms with E-state index in [1.165, 1.54) is 0 Å². The lowest BCUT2D eigenvalue weighted by Crippen LogP contribution is -2.48. The molecule has 0 bridgehead atoms. The number of benzene rings is 1. The molecule has 0 aliphatic carbocycles. The Hall–Kier alpha value is -2.25. The fraction of sp³-hybridized carbons (Fsp3) is 0.444. The maximum absolute atomic E-state index is 6.09. The molecule has 1 saturated heterocycles. The van der Waals surface area contributed by atoms with Crippen molar-refractivity contribution in [2.24, 2.45) is 12.0 Å². The zero-order valence-corrected chi connectivity index (χ0v) is 15.8. The molecule has 1 aliphatic rings. The minimum absolute atomic E-state index is 0.00428. The summed E-state index contributed by atoms with van der Waals surface area (Å²) in [4.78, 5) is 6.57. The van der Waals surface area contributed by atoms with Gasteiger partial charge in [-0.25, -0.2) is 0 Å². The number of aliphatic imine (C=N–C) groups is 1. The maximum atomic E-state index is 6.09. The van der Waals surface area contributed by atoms with Crippen LogP contribution in [0.4, 0.5) is 0 Å². The highest BCUT2D eigenvalue weighted by Gasteiger charge is 2.25. The molecule has 26 heavy (non-hydrogen) atoms. The fourth-order valence-electron chi connectivity index (χ4n) is 2.87. The predicted octanol–water partition coefficient (Wildman–Crippen LogP) is 2.10. The van der Waals surface area contributed by atoms with Crippen LogP contribution in [0.25, 0.3) is 0 Å². The standard InChI is InChI=1S/C18H24ClN5O2/c1-20-18(21-7-9-25-16-6-4-3-5-15(16)19)24-8-10-26-17(13-24)14-11-22-23(2)12-14/h3-6,11-12,17H,7-10,13H2,1-2H3,(H,20,21). The molecule has 0 radical (unpaired) electrons. The van der Waals surface area contributed by atoms with Crippen LogP contribution in [-0.4, -0.2) is 60.5 Å². The van der Waals surface area contributed by atoms with E-state index in [2.05, 4.69) is 20.3 Å². The van der Waals surface area contributed by atoms with E-state index in [1.54, 1.807) is 11.7 Å². The minimum atomic E-state index is -0.00428. The van der Waals surface area contributed by atoms with Crippen LogP contribution in [0.3, 0.4) is 0 Å². The SMILES string of the molecule is CN=C(NCCOc1ccccc1Cl)N1CCOC(c2cnn(C)c2)C1. The molecule has 8 heteroatoms. The van der Waals surface area contributed by atoms with Crippen LogP contribution in [0.15, 0.2) is 41.7 Å². The Labute approximate surface area is 158 Å². The third-order valence-corrected chi connectivity index (χ3v) is 4.47. The van der Waals surface area contributed by atoms with Crippen LogP contribution in [0.5, 0.6) is 5.75 Å². The molecular weight excluding hydrogens is 354 g/mol. The van der Waals surface area contributed by atoms with Crippen molar-refractivity contribution in [1.29, 1.82) is 0 Å². The number of halogens is 1. The van der Waals surface area contributed by atoms with Gasteiger partial charge >= 0.3 is 0 Å².